The van der Waals surface area contributed by atoms with Crippen molar-refractivity contribution in [3.05, 3.63) is 24.0 Å². The molecule has 1 aliphatic heterocycles. The summed E-state index contributed by atoms with van der Waals surface area (Å²) in [4.78, 5) is 4.03. The fourth-order valence-electron chi connectivity index (χ4n) is 1.20. The van der Waals surface area contributed by atoms with Crippen LogP contribution in [0.5, 0.6) is 5.75 Å². The second kappa shape index (κ2) is 2.51. The van der Waals surface area contributed by atoms with E-state index in [2.05, 4.69) is 17.2 Å². The van der Waals surface area contributed by atoms with Gasteiger partial charge >= 0.3 is 0 Å². The van der Waals surface area contributed by atoms with E-state index in [1.54, 1.807) is 6.20 Å². The summed E-state index contributed by atoms with van der Waals surface area (Å²) in [5, 5.41) is 3.18. The molecule has 0 fully saturated rings. The van der Waals surface area contributed by atoms with Crippen LogP contribution in [0.3, 0.4) is 0 Å². The molecule has 58 valence electrons. The highest BCUT2D eigenvalue weighted by Gasteiger charge is 2.15. The molecule has 1 aliphatic rings. The van der Waals surface area contributed by atoms with Gasteiger partial charge in [0, 0.05) is 24.0 Å². The van der Waals surface area contributed by atoms with Gasteiger partial charge < -0.3 is 4.74 Å². The van der Waals surface area contributed by atoms with Gasteiger partial charge in [-0.05, 0) is 13.0 Å². The third-order valence-corrected chi connectivity index (χ3v) is 1.89. The van der Waals surface area contributed by atoms with Crippen LogP contribution < -0.4 is 10.1 Å². The molecule has 3 heteroatoms. The highest BCUT2D eigenvalue weighted by molar-refractivity contribution is 5.33. The number of nitrogens with one attached hydrogen (secondary N) is 1. The Bertz CT molecular complexity index is 262. The molecule has 1 unspecified atom stereocenters. The SMILES string of the molecule is CC1NCOc2ccncc21. The molecule has 0 aromatic carbocycles. The maximum atomic E-state index is 5.34. The molecule has 0 spiro atoms. The molecule has 11 heavy (non-hydrogen) atoms. The van der Waals surface area contributed by atoms with Crippen molar-refractivity contribution in [3.63, 3.8) is 0 Å². The number of rotatable bonds is 0. The molecular formula is C8H10N2O. The summed E-state index contributed by atoms with van der Waals surface area (Å²) in [5.41, 5.74) is 1.14. The van der Waals surface area contributed by atoms with E-state index in [9.17, 15) is 0 Å². The Hall–Kier alpha value is -1.09. The summed E-state index contributed by atoms with van der Waals surface area (Å²) in [6.45, 7) is 2.70. The molecule has 1 aromatic rings. The Morgan fingerprint density at radius 2 is 2.64 bits per heavy atom. The van der Waals surface area contributed by atoms with Gasteiger partial charge in [0.2, 0.25) is 0 Å². The van der Waals surface area contributed by atoms with E-state index in [1.165, 1.54) is 0 Å². The number of aromatic nitrogens is 1. The van der Waals surface area contributed by atoms with Crippen LogP contribution in [0, 0.1) is 0 Å². The van der Waals surface area contributed by atoms with Gasteiger partial charge in [0.05, 0.1) is 0 Å². The molecule has 0 saturated heterocycles. The van der Waals surface area contributed by atoms with Crippen LogP contribution in [0.25, 0.3) is 0 Å². The van der Waals surface area contributed by atoms with E-state index in [1.807, 2.05) is 12.3 Å². The maximum Gasteiger partial charge on any atom is 0.140 e. The third kappa shape index (κ3) is 1.07. The van der Waals surface area contributed by atoms with E-state index >= 15 is 0 Å². The Kier molecular flexibility index (Phi) is 1.51. The van der Waals surface area contributed by atoms with Crippen LogP contribution in [0.1, 0.15) is 18.5 Å². The molecule has 0 radical (unpaired) electrons. The van der Waals surface area contributed by atoms with E-state index in [0.717, 1.165) is 11.3 Å². The van der Waals surface area contributed by atoms with Gasteiger partial charge in [-0.25, -0.2) is 0 Å². The Labute approximate surface area is 65.4 Å². The van der Waals surface area contributed by atoms with Crippen molar-refractivity contribution in [2.24, 2.45) is 0 Å². The summed E-state index contributed by atoms with van der Waals surface area (Å²) < 4.78 is 5.34. The van der Waals surface area contributed by atoms with Crippen molar-refractivity contribution in [3.8, 4) is 5.75 Å². The number of ether oxygens (including phenoxy) is 1. The van der Waals surface area contributed by atoms with Crippen molar-refractivity contribution in [2.75, 3.05) is 6.73 Å². The molecule has 0 amide bonds. The first-order valence-corrected chi connectivity index (χ1v) is 3.68. The summed E-state index contributed by atoms with van der Waals surface area (Å²) in [6.07, 6.45) is 3.59. The lowest BCUT2D eigenvalue weighted by atomic mass is 10.1. The van der Waals surface area contributed by atoms with Crippen LogP contribution in [-0.4, -0.2) is 11.7 Å². The Balaban J connectivity index is 2.44. The summed E-state index contributed by atoms with van der Waals surface area (Å²) in [5.74, 6) is 0.950. The molecule has 0 aliphatic carbocycles. The molecule has 1 N–H and O–H groups in total. The molecule has 2 rings (SSSR count). The van der Waals surface area contributed by atoms with Gasteiger partial charge in [-0.15, -0.1) is 0 Å². The number of pyridine rings is 1. The second-order valence-corrected chi connectivity index (χ2v) is 2.63. The zero-order valence-electron chi connectivity index (χ0n) is 6.37. The number of hydrogen-bond donors (Lipinski definition) is 1. The first-order valence-electron chi connectivity index (χ1n) is 3.68. The van der Waals surface area contributed by atoms with Crippen molar-refractivity contribution < 1.29 is 4.74 Å². The zero-order chi connectivity index (χ0) is 7.68. The van der Waals surface area contributed by atoms with Crippen LogP contribution in [-0.2, 0) is 0 Å². The van der Waals surface area contributed by atoms with Gasteiger partial charge in [-0.2, -0.15) is 0 Å². The summed E-state index contributed by atoms with van der Waals surface area (Å²) in [7, 11) is 0. The Morgan fingerprint density at radius 3 is 3.45 bits per heavy atom. The van der Waals surface area contributed by atoms with E-state index in [4.69, 9.17) is 4.74 Å². The van der Waals surface area contributed by atoms with Gasteiger partial charge in [0.25, 0.3) is 0 Å². The molecule has 0 bridgehead atoms. The highest BCUT2D eigenvalue weighted by atomic mass is 16.5. The lowest BCUT2D eigenvalue weighted by Gasteiger charge is -2.23. The van der Waals surface area contributed by atoms with E-state index in [-0.39, 0.29) is 0 Å². The predicted octanol–water partition coefficient (Wildman–Crippen LogP) is 1.08. The van der Waals surface area contributed by atoms with Crippen LogP contribution in [0.2, 0.25) is 0 Å². The molecule has 3 nitrogen and oxygen atoms in total. The minimum atomic E-state index is 0.354. The molecule has 0 saturated carbocycles. The fourth-order valence-corrected chi connectivity index (χ4v) is 1.20. The standard InChI is InChI=1S/C8H10N2O/c1-6-7-4-9-3-2-8(7)11-5-10-6/h2-4,6,10H,5H2,1H3. The van der Waals surface area contributed by atoms with E-state index < -0.39 is 0 Å². The first-order chi connectivity index (χ1) is 5.38. The monoisotopic (exact) mass is 150 g/mol. The first kappa shape index (κ1) is 6.61. The third-order valence-electron chi connectivity index (χ3n) is 1.89. The fraction of sp³-hybridized carbons (Fsp3) is 0.375. The van der Waals surface area contributed by atoms with Crippen molar-refractivity contribution in [1.29, 1.82) is 0 Å². The lowest BCUT2D eigenvalue weighted by Crippen LogP contribution is -2.29. The van der Waals surface area contributed by atoms with E-state index in [0.29, 0.717) is 12.8 Å². The summed E-state index contributed by atoms with van der Waals surface area (Å²) in [6, 6.07) is 2.25. The van der Waals surface area contributed by atoms with Gasteiger partial charge in [-0.3, -0.25) is 10.3 Å². The molecule has 1 aromatic heterocycles. The number of fused-ring (bicyclic) bond motifs is 1. The second-order valence-electron chi connectivity index (χ2n) is 2.63. The molecular weight excluding hydrogens is 140 g/mol. The average molecular weight is 150 g/mol. The van der Waals surface area contributed by atoms with Gasteiger partial charge in [-0.1, -0.05) is 0 Å². The largest absolute Gasteiger partial charge is 0.478 e. The zero-order valence-corrected chi connectivity index (χ0v) is 6.37. The topological polar surface area (TPSA) is 34.1 Å². The molecule has 1 atom stereocenters. The predicted molar refractivity (Wildman–Crippen MR) is 41.3 cm³/mol. The van der Waals surface area contributed by atoms with Crippen molar-refractivity contribution >= 4 is 0 Å². The van der Waals surface area contributed by atoms with Gasteiger partial charge in [0.15, 0.2) is 0 Å². The lowest BCUT2D eigenvalue weighted by molar-refractivity contribution is 0.236. The Morgan fingerprint density at radius 1 is 1.73 bits per heavy atom. The van der Waals surface area contributed by atoms with Crippen LogP contribution in [0.15, 0.2) is 18.5 Å². The average Bonchev–Trinajstić information content (AvgIpc) is 2.06. The number of nitrogens with zero attached hydrogens (tertiary/aromatic N) is 1. The van der Waals surface area contributed by atoms with Crippen LogP contribution in [0.4, 0.5) is 0 Å². The maximum absolute atomic E-state index is 5.34. The van der Waals surface area contributed by atoms with Crippen molar-refractivity contribution in [2.45, 2.75) is 13.0 Å². The van der Waals surface area contributed by atoms with Gasteiger partial charge in [0.1, 0.15) is 12.5 Å². The van der Waals surface area contributed by atoms with Crippen LogP contribution >= 0.6 is 0 Å². The quantitative estimate of drug-likeness (QED) is 0.601. The number of hydrogen-bond acceptors (Lipinski definition) is 3. The highest BCUT2D eigenvalue weighted by Crippen LogP contribution is 2.26. The van der Waals surface area contributed by atoms with Crippen molar-refractivity contribution in [1.82, 2.24) is 10.3 Å². The smallest absolute Gasteiger partial charge is 0.140 e. The normalized spacial score (nSPS) is 22.1. The summed E-state index contributed by atoms with van der Waals surface area (Å²) >= 11 is 0. The molecule has 2 heterocycles. The minimum Gasteiger partial charge on any atom is -0.478 e. The minimum absolute atomic E-state index is 0.354.